The summed E-state index contributed by atoms with van der Waals surface area (Å²) in [5.74, 6) is 3.00. The second-order valence-corrected chi connectivity index (χ2v) is 5.76. The average molecular weight is 262 g/mol. The molecule has 0 aromatic heterocycles. The summed E-state index contributed by atoms with van der Waals surface area (Å²) in [7, 11) is 1.52. The van der Waals surface area contributed by atoms with Crippen LogP contribution in [0.1, 0.15) is 51.4 Å². The molecule has 2 aliphatic rings. The van der Waals surface area contributed by atoms with Gasteiger partial charge in [0, 0.05) is 0 Å². The van der Waals surface area contributed by atoms with E-state index >= 15 is 0 Å². The van der Waals surface area contributed by atoms with Crippen LogP contribution in [0.5, 0.6) is 11.5 Å². The summed E-state index contributed by atoms with van der Waals surface area (Å²) in [6.07, 6.45) is 12.4. The molecule has 106 valence electrons. The largest absolute Gasteiger partial charge is 0.504 e. The van der Waals surface area contributed by atoms with Gasteiger partial charge in [0.05, 0.1) is 7.11 Å². The average Bonchev–Trinajstić information content (AvgIpc) is 2.49. The standard InChI is InChI=1S/C10H18.C7H8O2/c1-2-6-10-8-4-3-7-9(10)5-1;1-9-7-5-3-2-4-6(7)8/h9-10H,1-8H2;2-5,8H,1H3. The van der Waals surface area contributed by atoms with Gasteiger partial charge in [-0.05, 0) is 24.0 Å². The number of ether oxygens (including phenoxy) is 1. The zero-order chi connectivity index (χ0) is 13.5. The van der Waals surface area contributed by atoms with Gasteiger partial charge in [-0.2, -0.15) is 0 Å². The van der Waals surface area contributed by atoms with Crippen LogP contribution in [-0.4, -0.2) is 12.2 Å². The Hall–Kier alpha value is -1.18. The van der Waals surface area contributed by atoms with E-state index in [0.717, 1.165) is 11.8 Å². The van der Waals surface area contributed by atoms with Crippen molar-refractivity contribution in [3.8, 4) is 11.5 Å². The molecule has 2 aliphatic carbocycles. The normalized spacial score (nSPS) is 25.7. The van der Waals surface area contributed by atoms with E-state index in [-0.39, 0.29) is 5.75 Å². The third kappa shape index (κ3) is 4.15. The molecule has 2 fully saturated rings. The van der Waals surface area contributed by atoms with Crippen LogP contribution in [0.15, 0.2) is 24.3 Å². The van der Waals surface area contributed by atoms with Gasteiger partial charge in [-0.25, -0.2) is 0 Å². The highest BCUT2D eigenvalue weighted by Gasteiger charge is 2.26. The van der Waals surface area contributed by atoms with E-state index < -0.39 is 0 Å². The molecule has 0 heterocycles. The fourth-order valence-electron chi connectivity index (χ4n) is 3.49. The smallest absolute Gasteiger partial charge is 0.160 e. The first kappa shape index (κ1) is 14.2. The second-order valence-electron chi connectivity index (χ2n) is 5.76. The number of fused-ring (bicyclic) bond motifs is 1. The topological polar surface area (TPSA) is 29.5 Å². The number of methoxy groups -OCH3 is 1. The van der Waals surface area contributed by atoms with Crippen molar-refractivity contribution < 1.29 is 9.84 Å². The minimum Gasteiger partial charge on any atom is -0.504 e. The first-order chi connectivity index (χ1) is 9.31. The van der Waals surface area contributed by atoms with Gasteiger partial charge in [-0.15, -0.1) is 0 Å². The molecule has 0 bridgehead atoms. The molecule has 1 aromatic carbocycles. The maximum absolute atomic E-state index is 8.99. The third-order valence-electron chi connectivity index (χ3n) is 4.55. The van der Waals surface area contributed by atoms with Crippen molar-refractivity contribution in [3.05, 3.63) is 24.3 Å². The van der Waals surface area contributed by atoms with Crippen LogP contribution < -0.4 is 4.74 Å². The molecule has 2 heteroatoms. The number of rotatable bonds is 1. The number of hydrogen-bond donors (Lipinski definition) is 1. The Labute approximate surface area is 116 Å². The Bertz CT molecular complexity index is 349. The summed E-state index contributed by atoms with van der Waals surface area (Å²) in [6, 6.07) is 6.84. The fourth-order valence-corrected chi connectivity index (χ4v) is 3.49. The summed E-state index contributed by atoms with van der Waals surface area (Å²) in [4.78, 5) is 0. The van der Waals surface area contributed by atoms with Crippen LogP contribution in [-0.2, 0) is 0 Å². The lowest BCUT2D eigenvalue weighted by atomic mass is 9.71. The van der Waals surface area contributed by atoms with Gasteiger partial charge >= 0.3 is 0 Å². The number of para-hydroxylation sites is 2. The fraction of sp³-hybridized carbons (Fsp3) is 0.647. The highest BCUT2D eigenvalue weighted by molar-refractivity contribution is 5.37. The Morgan fingerprint density at radius 1 is 0.895 bits per heavy atom. The minimum atomic E-state index is 0.181. The van der Waals surface area contributed by atoms with Gasteiger partial charge in [0.2, 0.25) is 0 Å². The SMILES string of the molecule is C1CCC2CCCCC2C1.COc1ccccc1O. The van der Waals surface area contributed by atoms with Crippen LogP contribution in [0, 0.1) is 11.8 Å². The van der Waals surface area contributed by atoms with Crippen LogP contribution in [0.3, 0.4) is 0 Å². The lowest BCUT2D eigenvalue weighted by molar-refractivity contribution is 0.171. The maximum Gasteiger partial charge on any atom is 0.160 e. The van der Waals surface area contributed by atoms with Crippen molar-refractivity contribution in [3.63, 3.8) is 0 Å². The van der Waals surface area contributed by atoms with Gasteiger partial charge in [0.1, 0.15) is 0 Å². The number of aromatic hydroxyl groups is 1. The Kier molecular flexibility index (Phi) is 5.56. The summed E-state index contributed by atoms with van der Waals surface area (Å²) >= 11 is 0. The van der Waals surface area contributed by atoms with Gasteiger partial charge in [0.25, 0.3) is 0 Å². The molecule has 0 amide bonds. The molecule has 0 aliphatic heterocycles. The molecular weight excluding hydrogens is 236 g/mol. The van der Waals surface area contributed by atoms with Gasteiger partial charge in [-0.3, -0.25) is 0 Å². The Balaban J connectivity index is 0.000000141. The number of benzene rings is 1. The molecule has 0 saturated heterocycles. The summed E-state index contributed by atoms with van der Waals surface area (Å²) in [5.41, 5.74) is 0. The number of hydrogen-bond acceptors (Lipinski definition) is 2. The first-order valence-electron chi connectivity index (χ1n) is 7.63. The summed E-state index contributed by atoms with van der Waals surface area (Å²) in [5, 5.41) is 8.99. The predicted molar refractivity (Wildman–Crippen MR) is 78.6 cm³/mol. The summed E-state index contributed by atoms with van der Waals surface area (Å²) in [6.45, 7) is 0. The minimum absolute atomic E-state index is 0.181. The van der Waals surface area contributed by atoms with Crippen molar-refractivity contribution in [2.24, 2.45) is 11.8 Å². The van der Waals surface area contributed by atoms with Crippen molar-refractivity contribution >= 4 is 0 Å². The molecule has 2 saturated carbocycles. The predicted octanol–water partition coefficient (Wildman–Crippen LogP) is 4.77. The molecule has 0 unspecified atom stereocenters. The van der Waals surface area contributed by atoms with Crippen LogP contribution in [0.25, 0.3) is 0 Å². The molecule has 2 nitrogen and oxygen atoms in total. The Morgan fingerprint density at radius 3 is 1.74 bits per heavy atom. The zero-order valence-corrected chi connectivity index (χ0v) is 12.0. The second kappa shape index (κ2) is 7.42. The number of phenolic OH excluding ortho intramolecular Hbond substituents is 1. The van der Waals surface area contributed by atoms with Crippen LogP contribution in [0.4, 0.5) is 0 Å². The molecule has 1 N–H and O–H groups in total. The highest BCUT2D eigenvalue weighted by atomic mass is 16.5. The van der Waals surface area contributed by atoms with Crippen molar-refractivity contribution in [1.82, 2.24) is 0 Å². The number of phenols is 1. The Morgan fingerprint density at radius 2 is 1.37 bits per heavy atom. The van der Waals surface area contributed by atoms with E-state index in [1.807, 2.05) is 0 Å². The highest BCUT2D eigenvalue weighted by Crippen LogP contribution is 2.39. The summed E-state index contributed by atoms with van der Waals surface area (Å²) < 4.78 is 4.79. The van der Waals surface area contributed by atoms with Gasteiger partial charge in [-0.1, -0.05) is 63.5 Å². The van der Waals surface area contributed by atoms with Gasteiger partial charge in [0.15, 0.2) is 11.5 Å². The molecule has 1 aromatic rings. The lowest BCUT2D eigenvalue weighted by Crippen LogP contribution is -2.22. The monoisotopic (exact) mass is 262 g/mol. The molecule has 0 spiro atoms. The lowest BCUT2D eigenvalue weighted by Gasteiger charge is -2.35. The van der Waals surface area contributed by atoms with Crippen molar-refractivity contribution in [2.45, 2.75) is 51.4 Å². The van der Waals surface area contributed by atoms with E-state index in [9.17, 15) is 0 Å². The third-order valence-corrected chi connectivity index (χ3v) is 4.55. The van der Waals surface area contributed by atoms with Crippen LogP contribution in [0.2, 0.25) is 0 Å². The van der Waals surface area contributed by atoms with E-state index in [1.165, 1.54) is 32.8 Å². The molecule has 3 rings (SSSR count). The van der Waals surface area contributed by atoms with E-state index in [4.69, 9.17) is 9.84 Å². The van der Waals surface area contributed by atoms with Crippen LogP contribution >= 0.6 is 0 Å². The molecule has 19 heavy (non-hydrogen) atoms. The first-order valence-corrected chi connectivity index (χ1v) is 7.63. The van der Waals surface area contributed by atoms with E-state index in [0.29, 0.717) is 5.75 Å². The van der Waals surface area contributed by atoms with E-state index in [1.54, 1.807) is 49.9 Å². The quantitative estimate of drug-likeness (QED) is 0.790. The molecular formula is C17H26O2. The molecule has 0 atom stereocenters. The van der Waals surface area contributed by atoms with E-state index in [2.05, 4.69) is 0 Å². The maximum atomic E-state index is 8.99. The zero-order valence-electron chi connectivity index (χ0n) is 12.0. The molecule has 0 radical (unpaired) electrons. The van der Waals surface area contributed by atoms with Gasteiger partial charge < -0.3 is 9.84 Å². The van der Waals surface area contributed by atoms with Crippen molar-refractivity contribution in [2.75, 3.05) is 7.11 Å². The van der Waals surface area contributed by atoms with Crippen molar-refractivity contribution in [1.29, 1.82) is 0 Å².